The Kier molecular flexibility index (Phi) is 24.2. The summed E-state index contributed by atoms with van der Waals surface area (Å²) in [5.74, 6) is 0. The molecule has 4 fully saturated rings. The van der Waals surface area contributed by atoms with Gasteiger partial charge in [0.2, 0.25) is 0 Å². The fourth-order valence-corrected chi connectivity index (χ4v) is 3.76. The van der Waals surface area contributed by atoms with Gasteiger partial charge in [-0.3, -0.25) is 0 Å². The molecule has 0 aliphatic carbocycles. The maximum Gasteiger partial charge on any atom is 1.00 e. The monoisotopic (exact) mass is 503 g/mol. The van der Waals surface area contributed by atoms with E-state index in [0.29, 0.717) is 0 Å². The van der Waals surface area contributed by atoms with Crippen LogP contribution < -0.4 is 18.9 Å². The first-order valence-corrected chi connectivity index (χ1v) is 12.3. The predicted molar refractivity (Wildman–Crippen MR) is 131 cm³/mol. The largest absolute Gasteiger partial charge is 1.00 e. The maximum atomic E-state index is 4.94. The summed E-state index contributed by atoms with van der Waals surface area (Å²) in [5, 5.41) is 4.75. The second-order valence-electron chi connectivity index (χ2n) is 9.63. The average Bonchev–Trinajstić information content (AvgIpc) is 3.56. The molecule has 0 radical (unpaired) electrons. The van der Waals surface area contributed by atoms with E-state index in [2.05, 4.69) is 33.8 Å². The van der Waals surface area contributed by atoms with E-state index in [4.69, 9.17) is 19.5 Å². The summed E-state index contributed by atoms with van der Waals surface area (Å²) >= 11 is 0. The minimum atomic E-state index is 0. The molecular weight excluding hydrogens is 457 g/mol. The van der Waals surface area contributed by atoms with Gasteiger partial charge in [-0.05, 0) is 38.5 Å². The van der Waals surface area contributed by atoms with Crippen molar-refractivity contribution >= 4 is 0 Å². The van der Waals surface area contributed by atoms with Crippen LogP contribution in [0.25, 0.3) is 5.32 Å². The number of piperidine rings is 1. The van der Waals surface area contributed by atoms with Crippen LogP contribution in [0.15, 0.2) is 30.3 Å². The SMILES string of the molecule is C1CCOC1.C1CCOC1.C1CCOC1.CC1(C)CCCC(C)(C)[N-]1.[Cu+].[Li+].[c-]1ccccc1. The molecule has 1 aromatic carbocycles. The van der Waals surface area contributed by atoms with E-state index >= 15 is 0 Å². The molecule has 0 spiro atoms. The van der Waals surface area contributed by atoms with E-state index in [-0.39, 0.29) is 47.0 Å². The van der Waals surface area contributed by atoms with Crippen molar-refractivity contribution in [3.63, 3.8) is 0 Å². The molecule has 190 valence electrons. The average molecular weight is 504 g/mol. The second-order valence-corrected chi connectivity index (χ2v) is 9.63. The first-order valence-electron chi connectivity index (χ1n) is 12.3. The standard InChI is InChI=1S/C9H18N.C6H5.3C4H8O.Cu.Li/c1-8(2)6-5-7-9(3,4)10-8;1-2-4-6-5-3-1;3*1-2-4-5-3-1;;/h5-7H2,1-4H3;1-5H;3*1-4H2;;/q2*-1;;;;2*+1. The predicted octanol–water partition coefficient (Wildman–Crippen LogP) is 3.98. The van der Waals surface area contributed by atoms with Crippen molar-refractivity contribution in [1.29, 1.82) is 0 Å². The van der Waals surface area contributed by atoms with E-state index in [1.165, 1.54) is 57.8 Å². The van der Waals surface area contributed by atoms with Crippen LogP contribution in [-0.4, -0.2) is 50.7 Å². The minimum Gasteiger partial charge on any atom is -0.652 e. The Balaban J connectivity index is 0. The molecular formula is C27H47CuLiNO3. The number of hydrogen-bond donors (Lipinski definition) is 0. The minimum absolute atomic E-state index is 0. The van der Waals surface area contributed by atoms with Gasteiger partial charge in [0.05, 0.1) is 0 Å². The first-order chi connectivity index (χ1) is 14.9. The maximum absolute atomic E-state index is 4.94. The van der Waals surface area contributed by atoms with Crippen molar-refractivity contribution in [3.8, 4) is 0 Å². The van der Waals surface area contributed by atoms with Crippen LogP contribution in [0.2, 0.25) is 0 Å². The van der Waals surface area contributed by atoms with Crippen molar-refractivity contribution in [2.75, 3.05) is 39.6 Å². The number of nitrogens with zero attached hydrogens (tertiary/aromatic N) is 1. The van der Waals surface area contributed by atoms with E-state index in [1.807, 2.05) is 30.3 Å². The van der Waals surface area contributed by atoms with Gasteiger partial charge in [-0.2, -0.15) is 36.4 Å². The van der Waals surface area contributed by atoms with E-state index in [1.54, 1.807) is 0 Å². The van der Waals surface area contributed by atoms with Gasteiger partial charge in [-0.1, -0.05) is 47.0 Å². The molecule has 6 heteroatoms. The molecule has 33 heavy (non-hydrogen) atoms. The van der Waals surface area contributed by atoms with Gasteiger partial charge in [-0.15, -0.1) is 11.1 Å². The molecule has 4 saturated heterocycles. The number of hydrogen-bond acceptors (Lipinski definition) is 3. The molecule has 0 N–H and O–H groups in total. The van der Waals surface area contributed by atoms with Crippen molar-refractivity contribution < 1.29 is 50.1 Å². The quantitative estimate of drug-likeness (QED) is 0.397. The summed E-state index contributed by atoms with van der Waals surface area (Å²) in [6.45, 7) is 14.9. The summed E-state index contributed by atoms with van der Waals surface area (Å²) in [6, 6.07) is 12.5. The molecule has 1 aromatic rings. The second kappa shape index (κ2) is 22.6. The molecule has 4 aliphatic heterocycles. The Morgan fingerprint density at radius 3 is 1.03 bits per heavy atom. The Bertz CT molecular complexity index is 418. The molecule has 4 aliphatic rings. The molecule has 0 atom stereocenters. The van der Waals surface area contributed by atoms with Crippen LogP contribution in [0.3, 0.4) is 0 Å². The Hall–Kier alpha value is 0.177. The summed E-state index contributed by atoms with van der Waals surface area (Å²) < 4.78 is 14.8. The molecule has 0 unspecified atom stereocenters. The van der Waals surface area contributed by atoms with Gasteiger partial charge < -0.3 is 19.5 Å². The molecule has 0 aromatic heterocycles. The topological polar surface area (TPSA) is 41.8 Å². The number of benzene rings is 1. The van der Waals surface area contributed by atoms with Gasteiger partial charge in [0.25, 0.3) is 0 Å². The van der Waals surface area contributed by atoms with E-state index in [0.717, 1.165) is 39.6 Å². The van der Waals surface area contributed by atoms with Crippen LogP contribution >= 0.6 is 0 Å². The molecule has 4 nitrogen and oxygen atoms in total. The van der Waals surface area contributed by atoms with Gasteiger partial charge in [-0.25, -0.2) is 0 Å². The summed E-state index contributed by atoms with van der Waals surface area (Å²) in [6.07, 6.45) is 11.5. The third-order valence-electron chi connectivity index (χ3n) is 5.27. The smallest absolute Gasteiger partial charge is 0.652 e. The zero-order valence-corrected chi connectivity index (χ0v) is 22.9. The zero-order valence-electron chi connectivity index (χ0n) is 22.0. The van der Waals surface area contributed by atoms with E-state index < -0.39 is 0 Å². The third-order valence-corrected chi connectivity index (χ3v) is 5.27. The van der Waals surface area contributed by atoms with Crippen molar-refractivity contribution in [1.82, 2.24) is 0 Å². The van der Waals surface area contributed by atoms with E-state index in [9.17, 15) is 0 Å². The van der Waals surface area contributed by atoms with Crippen LogP contribution in [0.4, 0.5) is 0 Å². The fourth-order valence-electron chi connectivity index (χ4n) is 3.76. The van der Waals surface area contributed by atoms with Gasteiger partial charge in [0.15, 0.2) is 0 Å². The van der Waals surface area contributed by atoms with Gasteiger partial charge in [0.1, 0.15) is 0 Å². The molecule has 4 heterocycles. The van der Waals surface area contributed by atoms with Crippen LogP contribution in [0, 0.1) is 6.07 Å². The van der Waals surface area contributed by atoms with Crippen molar-refractivity contribution in [2.24, 2.45) is 0 Å². The summed E-state index contributed by atoms with van der Waals surface area (Å²) in [7, 11) is 0. The molecule has 0 saturated carbocycles. The first kappa shape index (κ1) is 35.3. The zero-order chi connectivity index (χ0) is 22.7. The van der Waals surface area contributed by atoms with Crippen LogP contribution in [0.1, 0.15) is 85.5 Å². The molecule has 5 rings (SSSR count). The summed E-state index contributed by atoms with van der Waals surface area (Å²) in [4.78, 5) is 0. The Morgan fingerprint density at radius 1 is 0.576 bits per heavy atom. The van der Waals surface area contributed by atoms with Crippen molar-refractivity contribution in [3.05, 3.63) is 41.7 Å². The fraction of sp³-hybridized carbons (Fsp3) is 0.778. The van der Waals surface area contributed by atoms with Crippen LogP contribution in [0.5, 0.6) is 0 Å². The van der Waals surface area contributed by atoms with Crippen molar-refractivity contribution in [2.45, 2.75) is 96.6 Å². The number of rotatable bonds is 0. The normalized spacial score (nSPS) is 21.5. The summed E-state index contributed by atoms with van der Waals surface area (Å²) in [5.41, 5.74) is 0.476. The van der Waals surface area contributed by atoms with Gasteiger partial charge >= 0.3 is 35.9 Å². The Labute approximate surface area is 227 Å². The number of ether oxygens (including phenoxy) is 3. The Morgan fingerprint density at radius 2 is 0.909 bits per heavy atom. The molecule has 0 bridgehead atoms. The van der Waals surface area contributed by atoms with Crippen LogP contribution in [-0.2, 0) is 31.3 Å². The third kappa shape index (κ3) is 23.7. The van der Waals surface area contributed by atoms with Gasteiger partial charge in [0, 0.05) is 39.6 Å². The molecule has 0 amide bonds.